The fourth-order valence-electron chi connectivity index (χ4n) is 2.94. The normalized spacial score (nSPS) is 10.4. The summed E-state index contributed by atoms with van der Waals surface area (Å²) in [5.74, 6) is 2.31. The standard InChI is InChI=1S/C22H27N5O/c1-4-27(5-2)19-11-7-17(8-12-19)25-21-15-22(24-16-23-21)26-18-9-13-20(14-10-18)28-6-3/h7-16H,4-6H2,1-3H3,(H2,23,24,25,26). The number of rotatable bonds is 9. The van der Waals surface area contributed by atoms with Crippen LogP contribution in [0.4, 0.5) is 28.7 Å². The Morgan fingerprint density at radius 1 is 0.786 bits per heavy atom. The van der Waals surface area contributed by atoms with E-state index in [-0.39, 0.29) is 0 Å². The summed E-state index contributed by atoms with van der Waals surface area (Å²) >= 11 is 0. The van der Waals surface area contributed by atoms with E-state index in [1.165, 1.54) is 5.69 Å². The largest absolute Gasteiger partial charge is 0.494 e. The quantitative estimate of drug-likeness (QED) is 0.534. The Balaban J connectivity index is 1.66. The van der Waals surface area contributed by atoms with Crippen LogP contribution >= 0.6 is 0 Å². The Morgan fingerprint density at radius 3 is 1.82 bits per heavy atom. The van der Waals surface area contributed by atoms with E-state index >= 15 is 0 Å². The molecule has 0 fully saturated rings. The molecule has 0 aliphatic carbocycles. The van der Waals surface area contributed by atoms with Gasteiger partial charge in [-0.15, -0.1) is 0 Å². The van der Waals surface area contributed by atoms with Crippen molar-refractivity contribution in [2.75, 3.05) is 35.2 Å². The SMILES string of the molecule is CCOc1ccc(Nc2cc(Nc3ccc(N(CC)CC)cc3)ncn2)cc1. The maximum Gasteiger partial charge on any atom is 0.135 e. The van der Waals surface area contributed by atoms with E-state index in [0.29, 0.717) is 6.61 Å². The molecular formula is C22H27N5O. The third-order valence-electron chi connectivity index (χ3n) is 4.37. The Morgan fingerprint density at radius 2 is 1.32 bits per heavy atom. The molecule has 1 heterocycles. The zero-order valence-corrected chi connectivity index (χ0v) is 16.6. The molecule has 0 unspecified atom stereocenters. The van der Waals surface area contributed by atoms with Crippen LogP contribution in [-0.2, 0) is 0 Å². The van der Waals surface area contributed by atoms with Gasteiger partial charge in [-0.05, 0) is 69.3 Å². The van der Waals surface area contributed by atoms with Crippen molar-refractivity contribution in [1.29, 1.82) is 0 Å². The van der Waals surface area contributed by atoms with Crippen molar-refractivity contribution in [2.24, 2.45) is 0 Å². The second-order valence-corrected chi connectivity index (χ2v) is 6.22. The maximum atomic E-state index is 5.47. The Labute approximate surface area is 166 Å². The van der Waals surface area contributed by atoms with Gasteiger partial charge in [-0.2, -0.15) is 0 Å². The molecule has 0 amide bonds. The molecule has 0 aliphatic rings. The van der Waals surface area contributed by atoms with Crippen LogP contribution in [-0.4, -0.2) is 29.7 Å². The monoisotopic (exact) mass is 377 g/mol. The van der Waals surface area contributed by atoms with Gasteiger partial charge < -0.3 is 20.3 Å². The van der Waals surface area contributed by atoms with Crippen molar-refractivity contribution >= 4 is 28.7 Å². The number of nitrogens with one attached hydrogen (secondary N) is 2. The molecule has 0 radical (unpaired) electrons. The lowest BCUT2D eigenvalue weighted by Gasteiger charge is -2.21. The lowest BCUT2D eigenvalue weighted by molar-refractivity contribution is 0.340. The minimum atomic E-state index is 0.656. The molecule has 0 bridgehead atoms. The molecule has 6 heteroatoms. The van der Waals surface area contributed by atoms with Gasteiger partial charge in [-0.1, -0.05) is 0 Å². The molecule has 1 aromatic heterocycles. The number of ether oxygens (including phenoxy) is 1. The predicted octanol–water partition coefficient (Wildman–Crippen LogP) is 5.21. The Kier molecular flexibility index (Phi) is 6.68. The van der Waals surface area contributed by atoms with Crippen LogP contribution in [0, 0.1) is 0 Å². The molecule has 0 saturated heterocycles. The van der Waals surface area contributed by atoms with E-state index in [1.54, 1.807) is 6.33 Å². The van der Waals surface area contributed by atoms with Crippen LogP contribution in [0.15, 0.2) is 60.9 Å². The summed E-state index contributed by atoms with van der Waals surface area (Å²) in [7, 11) is 0. The van der Waals surface area contributed by atoms with Gasteiger partial charge in [0.15, 0.2) is 0 Å². The fourth-order valence-corrected chi connectivity index (χ4v) is 2.94. The van der Waals surface area contributed by atoms with Gasteiger partial charge in [0, 0.05) is 36.2 Å². The number of hydrogen-bond acceptors (Lipinski definition) is 6. The second kappa shape index (κ2) is 9.60. The Bertz CT molecular complexity index is 861. The molecule has 28 heavy (non-hydrogen) atoms. The first-order valence-electron chi connectivity index (χ1n) is 9.65. The summed E-state index contributed by atoms with van der Waals surface area (Å²) in [6.07, 6.45) is 1.55. The third kappa shape index (κ3) is 5.13. The average molecular weight is 377 g/mol. The van der Waals surface area contributed by atoms with Gasteiger partial charge in [0.2, 0.25) is 0 Å². The highest BCUT2D eigenvalue weighted by molar-refractivity contribution is 5.64. The van der Waals surface area contributed by atoms with Gasteiger partial charge in [0.1, 0.15) is 23.7 Å². The van der Waals surface area contributed by atoms with Crippen molar-refractivity contribution in [3.8, 4) is 5.75 Å². The average Bonchev–Trinajstić information content (AvgIpc) is 2.72. The number of nitrogens with zero attached hydrogens (tertiary/aromatic N) is 3. The van der Waals surface area contributed by atoms with E-state index in [1.807, 2.05) is 37.3 Å². The highest BCUT2D eigenvalue weighted by atomic mass is 16.5. The zero-order chi connectivity index (χ0) is 19.8. The lowest BCUT2D eigenvalue weighted by atomic mass is 10.2. The van der Waals surface area contributed by atoms with Crippen molar-refractivity contribution in [3.05, 3.63) is 60.9 Å². The van der Waals surface area contributed by atoms with Gasteiger partial charge in [-0.3, -0.25) is 0 Å². The first-order valence-corrected chi connectivity index (χ1v) is 9.65. The fraction of sp³-hybridized carbons (Fsp3) is 0.273. The van der Waals surface area contributed by atoms with Crippen LogP contribution in [0.5, 0.6) is 5.75 Å². The molecule has 0 aliphatic heterocycles. The van der Waals surface area contributed by atoms with Gasteiger partial charge in [0.25, 0.3) is 0 Å². The van der Waals surface area contributed by atoms with E-state index in [9.17, 15) is 0 Å². The van der Waals surface area contributed by atoms with Crippen LogP contribution < -0.4 is 20.3 Å². The highest BCUT2D eigenvalue weighted by Gasteiger charge is 2.04. The third-order valence-corrected chi connectivity index (χ3v) is 4.37. The van der Waals surface area contributed by atoms with Gasteiger partial charge in [0.05, 0.1) is 6.61 Å². The summed E-state index contributed by atoms with van der Waals surface area (Å²) in [6, 6.07) is 18.1. The van der Waals surface area contributed by atoms with Crippen molar-refractivity contribution < 1.29 is 4.74 Å². The number of aromatic nitrogens is 2. The predicted molar refractivity (Wildman–Crippen MR) is 116 cm³/mol. The summed E-state index contributed by atoms with van der Waals surface area (Å²) in [6.45, 7) is 8.94. The molecule has 3 rings (SSSR count). The number of hydrogen-bond donors (Lipinski definition) is 2. The smallest absolute Gasteiger partial charge is 0.135 e. The maximum absolute atomic E-state index is 5.47. The van der Waals surface area contributed by atoms with Crippen LogP contribution in [0.25, 0.3) is 0 Å². The molecule has 6 nitrogen and oxygen atoms in total. The summed E-state index contributed by atoms with van der Waals surface area (Å²) in [5, 5.41) is 6.61. The van der Waals surface area contributed by atoms with Crippen molar-refractivity contribution in [3.63, 3.8) is 0 Å². The molecule has 0 saturated carbocycles. The van der Waals surface area contributed by atoms with Crippen LogP contribution in [0.2, 0.25) is 0 Å². The van der Waals surface area contributed by atoms with E-state index in [0.717, 1.165) is 41.8 Å². The molecular weight excluding hydrogens is 350 g/mol. The van der Waals surface area contributed by atoms with Crippen molar-refractivity contribution in [1.82, 2.24) is 9.97 Å². The topological polar surface area (TPSA) is 62.3 Å². The molecule has 146 valence electrons. The molecule has 3 aromatic rings. The van der Waals surface area contributed by atoms with Crippen molar-refractivity contribution in [2.45, 2.75) is 20.8 Å². The lowest BCUT2D eigenvalue weighted by Crippen LogP contribution is -2.21. The van der Waals surface area contributed by atoms with E-state index in [2.05, 4.69) is 63.6 Å². The van der Waals surface area contributed by atoms with Crippen LogP contribution in [0.3, 0.4) is 0 Å². The second-order valence-electron chi connectivity index (χ2n) is 6.22. The van der Waals surface area contributed by atoms with Crippen LogP contribution in [0.1, 0.15) is 20.8 Å². The highest BCUT2D eigenvalue weighted by Crippen LogP contribution is 2.23. The Hall–Kier alpha value is -3.28. The summed E-state index contributed by atoms with van der Waals surface area (Å²) in [4.78, 5) is 10.9. The zero-order valence-electron chi connectivity index (χ0n) is 16.6. The summed E-state index contributed by atoms with van der Waals surface area (Å²) < 4.78 is 5.47. The van der Waals surface area contributed by atoms with Gasteiger partial charge in [-0.25, -0.2) is 9.97 Å². The number of benzene rings is 2. The summed E-state index contributed by atoms with van der Waals surface area (Å²) in [5.41, 5.74) is 3.15. The van der Waals surface area contributed by atoms with E-state index < -0.39 is 0 Å². The first-order chi connectivity index (χ1) is 13.7. The molecule has 0 spiro atoms. The molecule has 2 N–H and O–H groups in total. The first kappa shape index (κ1) is 19.5. The molecule has 0 atom stereocenters. The van der Waals surface area contributed by atoms with Gasteiger partial charge >= 0.3 is 0 Å². The van der Waals surface area contributed by atoms with E-state index in [4.69, 9.17) is 4.74 Å². The minimum absolute atomic E-state index is 0.656. The molecule has 2 aromatic carbocycles. The minimum Gasteiger partial charge on any atom is -0.494 e. The number of anilines is 5.